The summed E-state index contributed by atoms with van der Waals surface area (Å²) in [6.07, 6.45) is 2.48. The van der Waals surface area contributed by atoms with Crippen LogP contribution in [0, 0.1) is 26.7 Å². The lowest BCUT2D eigenvalue weighted by molar-refractivity contribution is 0.184. The van der Waals surface area contributed by atoms with Crippen LogP contribution in [-0.2, 0) is 6.54 Å². The van der Waals surface area contributed by atoms with Crippen molar-refractivity contribution in [2.24, 2.45) is 5.92 Å². The second kappa shape index (κ2) is 5.88. The van der Waals surface area contributed by atoms with E-state index < -0.39 is 0 Å². The molecule has 2 heterocycles. The summed E-state index contributed by atoms with van der Waals surface area (Å²) in [5, 5.41) is 0.858. The van der Waals surface area contributed by atoms with Crippen molar-refractivity contribution in [1.29, 1.82) is 0 Å². The Morgan fingerprint density at radius 1 is 1.18 bits per heavy atom. The van der Waals surface area contributed by atoms with Crippen LogP contribution in [0.4, 0.5) is 0 Å². The maximum atomic E-state index is 13.0. The van der Waals surface area contributed by atoms with Crippen LogP contribution in [0.1, 0.15) is 42.1 Å². The van der Waals surface area contributed by atoms with E-state index in [2.05, 4.69) is 35.9 Å². The van der Waals surface area contributed by atoms with Crippen molar-refractivity contribution in [2.45, 2.75) is 47.1 Å². The minimum atomic E-state index is 0.211. The zero-order valence-corrected chi connectivity index (χ0v) is 14.1. The van der Waals surface area contributed by atoms with Crippen LogP contribution in [0.15, 0.2) is 16.9 Å². The number of pyridine rings is 1. The highest BCUT2D eigenvalue weighted by atomic mass is 16.1. The van der Waals surface area contributed by atoms with Crippen LogP contribution >= 0.6 is 0 Å². The highest BCUT2D eigenvalue weighted by Crippen LogP contribution is 2.21. The predicted octanol–water partition coefficient (Wildman–Crippen LogP) is 3.69. The van der Waals surface area contributed by atoms with Crippen molar-refractivity contribution in [2.75, 3.05) is 13.1 Å². The van der Waals surface area contributed by atoms with Crippen molar-refractivity contribution in [3.63, 3.8) is 0 Å². The molecule has 0 aliphatic carbocycles. The number of rotatable bonds is 2. The van der Waals surface area contributed by atoms with Crippen molar-refractivity contribution >= 4 is 10.9 Å². The molecule has 22 heavy (non-hydrogen) atoms. The topological polar surface area (TPSA) is 36.1 Å². The second-order valence-electron chi connectivity index (χ2n) is 7.02. The third-order valence-electron chi connectivity index (χ3n) is 5.01. The first-order valence-electron chi connectivity index (χ1n) is 8.30. The average molecular weight is 298 g/mol. The molecule has 0 atom stereocenters. The van der Waals surface area contributed by atoms with Gasteiger partial charge in [-0.1, -0.05) is 13.0 Å². The fourth-order valence-corrected chi connectivity index (χ4v) is 3.60. The monoisotopic (exact) mass is 298 g/mol. The van der Waals surface area contributed by atoms with Gasteiger partial charge in [0.15, 0.2) is 5.43 Å². The number of aryl methyl sites for hydroxylation is 3. The minimum Gasteiger partial charge on any atom is -0.358 e. The molecule has 0 bridgehead atoms. The number of piperidine rings is 1. The first kappa shape index (κ1) is 15.3. The molecule has 3 rings (SSSR count). The molecule has 118 valence electrons. The van der Waals surface area contributed by atoms with Crippen molar-refractivity contribution in [1.82, 2.24) is 9.88 Å². The number of aromatic amines is 1. The molecule has 1 aliphatic rings. The summed E-state index contributed by atoms with van der Waals surface area (Å²) in [5.74, 6) is 0.817. The molecule has 0 amide bonds. The summed E-state index contributed by atoms with van der Waals surface area (Å²) in [6.45, 7) is 11.4. The van der Waals surface area contributed by atoms with Gasteiger partial charge in [-0.05, 0) is 69.8 Å². The average Bonchev–Trinajstić information content (AvgIpc) is 2.44. The molecule has 2 aromatic rings. The lowest BCUT2D eigenvalue weighted by atomic mass is 9.98. The summed E-state index contributed by atoms with van der Waals surface area (Å²) >= 11 is 0. The first-order valence-corrected chi connectivity index (χ1v) is 8.30. The highest BCUT2D eigenvalue weighted by Gasteiger charge is 2.19. The largest absolute Gasteiger partial charge is 0.358 e. The van der Waals surface area contributed by atoms with Crippen molar-refractivity contribution < 1.29 is 0 Å². The lowest BCUT2D eigenvalue weighted by Crippen LogP contribution is -2.34. The third-order valence-corrected chi connectivity index (χ3v) is 5.01. The number of fused-ring (bicyclic) bond motifs is 1. The van der Waals surface area contributed by atoms with Gasteiger partial charge in [0.25, 0.3) is 0 Å². The molecule has 3 nitrogen and oxygen atoms in total. The first-order chi connectivity index (χ1) is 10.5. The fourth-order valence-electron chi connectivity index (χ4n) is 3.60. The van der Waals surface area contributed by atoms with E-state index >= 15 is 0 Å². The van der Waals surface area contributed by atoms with E-state index in [0.29, 0.717) is 0 Å². The van der Waals surface area contributed by atoms with E-state index in [-0.39, 0.29) is 5.43 Å². The van der Waals surface area contributed by atoms with Gasteiger partial charge >= 0.3 is 0 Å². The Kier molecular flexibility index (Phi) is 4.09. The Morgan fingerprint density at radius 3 is 2.55 bits per heavy atom. The van der Waals surface area contributed by atoms with Crippen molar-refractivity contribution in [3.05, 3.63) is 44.7 Å². The number of nitrogens with zero attached hydrogens (tertiary/aromatic N) is 1. The minimum absolute atomic E-state index is 0.211. The normalized spacial score (nSPS) is 17.3. The van der Waals surface area contributed by atoms with Gasteiger partial charge in [0.05, 0.1) is 5.52 Å². The van der Waals surface area contributed by atoms with Crippen LogP contribution in [0.25, 0.3) is 10.9 Å². The molecule has 1 fully saturated rings. The standard InChI is InChI=1S/C19H26N2O/c1-12-5-7-21(8-6-12)11-16-15(4)20-17-10-13(2)9-14(3)18(17)19(16)22/h9-10,12H,5-8,11H2,1-4H3,(H,20,22). The molecule has 1 aromatic heterocycles. The molecule has 1 aliphatic heterocycles. The number of likely N-dealkylation sites (tertiary alicyclic amines) is 1. The Labute approximate surface area is 132 Å². The number of aromatic nitrogens is 1. The smallest absolute Gasteiger partial charge is 0.194 e. The maximum Gasteiger partial charge on any atom is 0.194 e. The Morgan fingerprint density at radius 2 is 1.86 bits per heavy atom. The van der Waals surface area contributed by atoms with E-state index in [1.54, 1.807) is 0 Å². The second-order valence-corrected chi connectivity index (χ2v) is 7.02. The highest BCUT2D eigenvalue weighted by molar-refractivity contribution is 5.83. The van der Waals surface area contributed by atoms with Gasteiger partial charge in [-0.2, -0.15) is 0 Å². The Balaban J connectivity index is 2.01. The third kappa shape index (κ3) is 2.82. The van der Waals surface area contributed by atoms with Gasteiger partial charge < -0.3 is 4.98 Å². The molecule has 3 heteroatoms. The zero-order chi connectivity index (χ0) is 15.9. The molecule has 0 saturated carbocycles. The number of benzene rings is 1. The van der Waals surface area contributed by atoms with Crippen LogP contribution in [0.2, 0.25) is 0 Å². The number of nitrogens with one attached hydrogen (secondary N) is 1. The van der Waals surface area contributed by atoms with Gasteiger partial charge in [0.2, 0.25) is 0 Å². The Bertz CT molecular complexity index is 752. The molecule has 0 unspecified atom stereocenters. The predicted molar refractivity (Wildman–Crippen MR) is 92.5 cm³/mol. The van der Waals surface area contributed by atoms with E-state index in [1.807, 2.05) is 13.8 Å². The molecule has 0 radical (unpaired) electrons. The molecule has 1 saturated heterocycles. The zero-order valence-electron chi connectivity index (χ0n) is 14.1. The molecule has 1 N–H and O–H groups in total. The summed E-state index contributed by atoms with van der Waals surface area (Å²) < 4.78 is 0. The van der Waals surface area contributed by atoms with Crippen LogP contribution in [0.3, 0.4) is 0 Å². The van der Waals surface area contributed by atoms with E-state index in [1.165, 1.54) is 18.4 Å². The van der Waals surface area contributed by atoms with E-state index in [0.717, 1.165) is 53.3 Å². The molecular weight excluding hydrogens is 272 g/mol. The van der Waals surface area contributed by atoms with Crippen LogP contribution in [0.5, 0.6) is 0 Å². The summed E-state index contributed by atoms with van der Waals surface area (Å²) in [4.78, 5) is 18.8. The summed E-state index contributed by atoms with van der Waals surface area (Å²) in [5.41, 5.74) is 5.40. The molecular formula is C19H26N2O. The maximum absolute atomic E-state index is 13.0. The molecule has 1 aromatic carbocycles. The number of H-pyrrole nitrogens is 1. The van der Waals surface area contributed by atoms with E-state index in [9.17, 15) is 4.79 Å². The summed E-state index contributed by atoms with van der Waals surface area (Å²) in [6, 6.07) is 4.17. The number of hydrogen-bond donors (Lipinski definition) is 1. The van der Waals surface area contributed by atoms with E-state index in [4.69, 9.17) is 0 Å². The van der Waals surface area contributed by atoms with Crippen molar-refractivity contribution in [3.8, 4) is 0 Å². The summed E-state index contributed by atoms with van der Waals surface area (Å²) in [7, 11) is 0. The lowest BCUT2D eigenvalue weighted by Gasteiger charge is -2.30. The van der Waals surface area contributed by atoms with Gasteiger partial charge in [-0.25, -0.2) is 0 Å². The quantitative estimate of drug-likeness (QED) is 0.918. The van der Waals surface area contributed by atoms with Gasteiger partial charge in [0.1, 0.15) is 0 Å². The SMILES string of the molecule is Cc1cc(C)c2c(=O)c(CN3CCC(C)CC3)c(C)[nH]c2c1. The van der Waals surface area contributed by atoms with Gasteiger partial charge in [-0.15, -0.1) is 0 Å². The van der Waals surface area contributed by atoms with Crippen LogP contribution < -0.4 is 5.43 Å². The van der Waals surface area contributed by atoms with Gasteiger partial charge in [0, 0.05) is 23.2 Å². The Hall–Kier alpha value is -1.61. The molecule has 0 spiro atoms. The van der Waals surface area contributed by atoms with Gasteiger partial charge in [-0.3, -0.25) is 9.69 Å². The number of hydrogen-bond acceptors (Lipinski definition) is 2. The fraction of sp³-hybridized carbons (Fsp3) is 0.526. The van der Waals surface area contributed by atoms with Crippen LogP contribution in [-0.4, -0.2) is 23.0 Å².